The Morgan fingerprint density at radius 2 is 1.90 bits per heavy atom. The lowest BCUT2D eigenvalue weighted by atomic mass is 9.83. The van der Waals surface area contributed by atoms with Crippen LogP contribution < -0.4 is 35.9 Å². The van der Waals surface area contributed by atoms with Crippen molar-refractivity contribution in [3.8, 4) is 28.7 Å². The molecule has 0 aliphatic carbocycles. The molecule has 3 aliphatic heterocycles. The van der Waals surface area contributed by atoms with Gasteiger partial charge in [0.05, 0.1) is 37.3 Å². The summed E-state index contributed by atoms with van der Waals surface area (Å²) < 4.78 is 24.1. The summed E-state index contributed by atoms with van der Waals surface area (Å²) in [6, 6.07) is 9.23. The second-order valence-electron chi connectivity index (χ2n) is 13.7. The van der Waals surface area contributed by atoms with Crippen molar-refractivity contribution in [3.05, 3.63) is 65.0 Å². The first-order valence-corrected chi connectivity index (χ1v) is 17.4. The number of allylic oxidation sites excluding steroid dienone is 2. The number of dihydropyridines is 1. The van der Waals surface area contributed by atoms with E-state index in [0.717, 1.165) is 36.9 Å². The number of nitrogens with two attached hydrogens (primary N) is 1. The molecule has 2 saturated heterocycles. The Hall–Kier alpha value is -3.68. The highest BCUT2D eigenvalue weighted by Gasteiger charge is 2.32. The first-order chi connectivity index (χ1) is 23.6. The summed E-state index contributed by atoms with van der Waals surface area (Å²) in [6.45, 7) is 5.49. The Kier molecular flexibility index (Phi) is 12.9. The number of aryl methyl sites for hydroxylation is 1. The van der Waals surface area contributed by atoms with Crippen molar-refractivity contribution in [1.82, 2.24) is 16.0 Å². The standard InChI is InChI=1S/C37H54N4O8/c1-22-4-7-26(12-25-10-11-40-36(38)14-25)30(41-22)20-47-35-16-27(15-34(46-3)37(35)45)32-18-28(43)17-29(49-32)8-5-24-6-9-31(44)33(13-24)48-21-39-19-23(2)42/h6,9-10,13-16,22-23,26,28-30,32,39-45H,4-5,7-8,11-12,17-21,38H2,1-3H3. The van der Waals surface area contributed by atoms with Crippen molar-refractivity contribution in [2.24, 2.45) is 11.7 Å². The van der Waals surface area contributed by atoms with Crippen LogP contribution >= 0.6 is 0 Å². The van der Waals surface area contributed by atoms with Crippen LogP contribution in [0.1, 0.15) is 69.6 Å². The number of phenols is 2. The van der Waals surface area contributed by atoms with Crippen molar-refractivity contribution in [3.63, 3.8) is 0 Å². The maximum atomic E-state index is 11.1. The molecule has 12 heteroatoms. The van der Waals surface area contributed by atoms with E-state index in [-0.39, 0.29) is 36.1 Å². The highest BCUT2D eigenvalue weighted by atomic mass is 16.5. The van der Waals surface area contributed by atoms with E-state index in [9.17, 15) is 20.4 Å². The Labute approximate surface area is 289 Å². The number of aliphatic hydroxyl groups is 2. The van der Waals surface area contributed by atoms with E-state index in [4.69, 9.17) is 24.7 Å². The van der Waals surface area contributed by atoms with Gasteiger partial charge in [0.25, 0.3) is 0 Å². The number of benzene rings is 2. The smallest absolute Gasteiger partial charge is 0.200 e. The summed E-state index contributed by atoms with van der Waals surface area (Å²) in [5.41, 5.74) is 8.97. The summed E-state index contributed by atoms with van der Waals surface area (Å²) in [4.78, 5) is 0. The maximum Gasteiger partial charge on any atom is 0.200 e. The number of phenolic OH excluding ortho intramolecular Hbond substituents is 2. The zero-order valence-electron chi connectivity index (χ0n) is 28.9. The molecular weight excluding hydrogens is 628 g/mol. The molecule has 0 spiro atoms. The monoisotopic (exact) mass is 682 g/mol. The average molecular weight is 683 g/mol. The van der Waals surface area contributed by atoms with Crippen molar-refractivity contribution in [1.29, 1.82) is 0 Å². The molecule has 0 bridgehead atoms. The molecule has 0 radical (unpaired) electrons. The number of rotatable bonds is 15. The highest BCUT2D eigenvalue weighted by molar-refractivity contribution is 5.53. The van der Waals surface area contributed by atoms with Crippen LogP contribution in [-0.2, 0) is 11.2 Å². The lowest BCUT2D eigenvalue weighted by Gasteiger charge is -2.37. The van der Waals surface area contributed by atoms with Crippen LogP contribution in [0.15, 0.2) is 53.9 Å². The van der Waals surface area contributed by atoms with Gasteiger partial charge < -0.3 is 55.7 Å². The molecular formula is C37H54N4O8. The molecule has 0 amide bonds. The summed E-state index contributed by atoms with van der Waals surface area (Å²) in [5, 5.41) is 51.4. The molecule has 3 heterocycles. The quantitative estimate of drug-likeness (QED) is 0.101. The van der Waals surface area contributed by atoms with E-state index >= 15 is 0 Å². The Balaban J connectivity index is 1.23. The lowest BCUT2D eigenvalue weighted by molar-refractivity contribution is -0.0999. The summed E-state index contributed by atoms with van der Waals surface area (Å²) in [6.07, 6.45) is 7.71. The van der Waals surface area contributed by atoms with Crippen molar-refractivity contribution in [2.45, 2.75) is 95.3 Å². The van der Waals surface area contributed by atoms with Crippen LogP contribution in [-0.4, -0.2) is 84.4 Å². The number of nitrogens with one attached hydrogen (secondary N) is 3. The molecule has 9 N–H and O–H groups in total. The largest absolute Gasteiger partial charge is 0.504 e. The number of aromatic hydroxyl groups is 2. The van der Waals surface area contributed by atoms with E-state index < -0.39 is 18.3 Å². The van der Waals surface area contributed by atoms with Gasteiger partial charge in [0, 0.05) is 31.6 Å². The van der Waals surface area contributed by atoms with Crippen molar-refractivity contribution in [2.75, 3.05) is 33.5 Å². The number of piperidine rings is 1. The van der Waals surface area contributed by atoms with Crippen LogP contribution in [0, 0.1) is 5.92 Å². The average Bonchev–Trinajstić information content (AvgIpc) is 3.07. The fourth-order valence-corrected chi connectivity index (χ4v) is 6.91. The molecule has 7 atom stereocenters. The zero-order chi connectivity index (χ0) is 34.9. The summed E-state index contributed by atoms with van der Waals surface area (Å²) in [5.74, 6) is 1.96. The molecule has 270 valence electrons. The number of ether oxygens (including phenoxy) is 4. The number of hydrogen-bond donors (Lipinski definition) is 8. The van der Waals surface area contributed by atoms with Gasteiger partial charge in [0.15, 0.2) is 23.0 Å². The summed E-state index contributed by atoms with van der Waals surface area (Å²) in [7, 11) is 1.51. The molecule has 49 heavy (non-hydrogen) atoms. The van der Waals surface area contributed by atoms with Crippen LogP contribution in [0.2, 0.25) is 0 Å². The first-order valence-electron chi connectivity index (χ1n) is 17.4. The van der Waals surface area contributed by atoms with E-state index in [1.807, 2.05) is 12.1 Å². The molecule has 5 rings (SSSR count). The number of hydrogen-bond acceptors (Lipinski definition) is 12. The molecule has 2 aromatic rings. The van der Waals surface area contributed by atoms with Gasteiger partial charge in [-0.2, -0.15) is 0 Å². The normalized spacial score (nSPS) is 26.2. The highest BCUT2D eigenvalue weighted by Crippen LogP contribution is 2.43. The topological polar surface area (TPSA) is 180 Å². The molecule has 3 aliphatic rings. The Morgan fingerprint density at radius 3 is 2.67 bits per heavy atom. The van der Waals surface area contributed by atoms with Gasteiger partial charge in [-0.15, -0.1) is 0 Å². The van der Waals surface area contributed by atoms with Gasteiger partial charge in [-0.05, 0) is 105 Å². The van der Waals surface area contributed by atoms with Gasteiger partial charge in [0.2, 0.25) is 5.75 Å². The van der Waals surface area contributed by atoms with E-state index in [1.165, 1.54) is 12.7 Å². The van der Waals surface area contributed by atoms with Gasteiger partial charge >= 0.3 is 0 Å². The fourth-order valence-electron chi connectivity index (χ4n) is 6.91. The van der Waals surface area contributed by atoms with E-state index in [2.05, 4.69) is 29.0 Å². The third-order valence-corrected chi connectivity index (χ3v) is 9.55. The van der Waals surface area contributed by atoms with Crippen LogP contribution in [0.5, 0.6) is 28.7 Å². The van der Waals surface area contributed by atoms with Crippen LogP contribution in [0.4, 0.5) is 0 Å². The van der Waals surface area contributed by atoms with Crippen molar-refractivity contribution < 1.29 is 39.4 Å². The number of aliphatic hydroxyl groups excluding tert-OH is 2. The molecule has 12 nitrogen and oxygen atoms in total. The minimum Gasteiger partial charge on any atom is -0.504 e. The third kappa shape index (κ3) is 10.4. The lowest BCUT2D eigenvalue weighted by Crippen LogP contribution is -2.49. The van der Waals surface area contributed by atoms with E-state index in [0.29, 0.717) is 68.1 Å². The second-order valence-corrected chi connectivity index (χ2v) is 13.7. The zero-order valence-corrected chi connectivity index (χ0v) is 28.9. The summed E-state index contributed by atoms with van der Waals surface area (Å²) >= 11 is 0. The predicted octanol–water partition coefficient (Wildman–Crippen LogP) is 3.48. The van der Waals surface area contributed by atoms with E-state index in [1.54, 1.807) is 31.2 Å². The molecule has 7 unspecified atom stereocenters. The molecule has 2 aromatic carbocycles. The van der Waals surface area contributed by atoms with Crippen LogP contribution in [0.3, 0.4) is 0 Å². The Morgan fingerprint density at radius 1 is 1.08 bits per heavy atom. The molecule has 2 fully saturated rings. The maximum absolute atomic E-state index is 11.1. The first kappa shape index (κ1) is 36.6. The minimum atomic E-state index is -0.562. The predicted molar refractivity (Wildman–Crippen MR) is 187 cm³/mol. The third-order valence-electron chi connectivity index (χ3n) is 9.55. The number of methoxy groups -OCH3 is 1. The molecule has 0 aromatic heterocycles. The van der Waals surface area contributed by atoms with Gasteiger partial charge in [-0.3, -0.25) is 5.32 Å². The van der Waals surface area contributed by atoms with Crippen molar-refractivity contribution >= 4 is 0 Å². The fraction of sp³-hybridized carbons (Fsp3) is 0.568. The molecule has 0 saturated carbocycles. The van der Waals surface area contributed by atoms with Crippen LogP contribution in [0.25, 0.3) is 0 Å². The van der Waals surface area contributed by atoms with Gasteiger partial charge in [-0.25, -0.2) is 0 Å². The van der Waals surface area contributed by atoms with Gasteiger partial charge in [-0.1, -0.05) is 12.1 Å². The minimum absolute atomic E-state index is 0.0390. The van der Waals surface area contributed by atoms with Gasteiger partial charge in [0.1, 0.15) is 13.3 Å². The Bertz CT molecular complexity index is 1450. The SMILES string of the molecule is COc1cc(C2CC(O)CC(CCc3ccc(O)c(OCNCC(C)O)c3)O2)cc(OCC2NC(C)CCC2CC2=CCNC(N)=C2)c1O. The second kappa shape index (κ2) is 17.3.